The third kappa shape index (κ3) is 4.59. The van der Waals surface area contributed by atoms with E-state index in [1.54, 1.807) is 24.3 Å². The molecule has 0 aromatic heterocycles. The zero-order valence-electron chi connectivity index (χ0n) is 12.3. The van der Waals surface area contributed by atoms with E-state index in [0.717, 1.165) is 22.8 Å². The van der Waals surface area contributed by atoms with Crippen molar-refractivity contribution in [1.82, 2.24) is 0 Å². The number of carbonyl (C=O) groups is 1. The first-order chi connectivity index (χ1) is 11.2. The summed E-state index contributed by atoms with van der Waals surface area (Å²) in [4.78, 5) is 12.0. The van der Waals surface area contributed by atoms with Gasteiger partial charge in [-0.25, -0.2) is 0 Å². The third-order valence-electron chi connectivity index (χ3n) is 3.28. The van der Waals surface area contributed by atoms with Crippen LogP contribution in [0.3, 0.4) is 0 Å². The predicted molar refractivity (Wildman–Crippen MR) is 99.7 cm³/mol. The molecule has 0 radical (unpaired) electrons. The Morgan fingerprint density at radius 1 is 1.13 bits per heavy atom. The second kappa shape index (κ2) is 7.99. The molecule has 1 saturated heterocycles. The smallest absolute Gasteiger partial charge is 0.262 e. The number of benzene rings is 2. The molecule has 1 heterocycles. The minimum atomic E-state index is -0.186. The van der Waals surface area contributed by atoms with Crippen LogP contribution in [0, 0.1) is 0 Å². The van der Waals surface area contributed by atoms with E-state index in [1.165, 1.54) is 0 Å². The lowest BCUT2D eigenvalue weighted by Gasteiger charge is -2.15. The minimum Gasteiger partial charge on any atom is -0.483 e. The molecule has 0 spiro atoms. The summed E-state index contributed by atoms with van der Waals surface area (Å²) in [6.07, 6.45) is 0. The Kier molecular flexibility index (Phi) is 5.75. The maximum atomic E-state index is 12.0. The first-order valence-corrected chi connectivity index (χ1v) is 9.70. The number of thioether (sulfide) groups is 2. The molecule has 1 fully saturated rings. The highest BCUT2D eigenvalue weighted by Crippen LogP contribution is 2.48. The normalized spacial score (nSPS) is 14.7. The Bertz CT molecular complexity index is 673. The van der Waals surface area contributed by atoms with Gasteiger partial charge in [-0.1, -0.05) is 29.8 Å². The first-order valence-electron chi connectivity index (χ1n) is 7.23. The maximum absolute atomic E-state index is 12.0. The molecule has 3 rings (SSSR count). The number of para-hydroxylation sites is 1. The van der Waals surface area contributed by atoms with E-state index in [2.05, 4.69) is 11.4 Å². The fourth-order valence-corrected chi connectivity index (χ4v) is 5.25. The van der Waals surface area contributed by atoms with E-state index in [9.17, 15) is 4.79 Å². The fraction of sp³-hybridized carbons (Fsp3) is 0.235. The summed E-state index contributed by atoms with van der Waals surface area (Å²) in [6.45, 7) is -0.0122. The molecule has 1 aliphatic heterocycles. The van der Waals surface area contributed by atoms with Crippen molar-refractivity contribution < 1.29 is 9.53 Å². The number of carbonyl (C=O) groups excluding carboxylic acids is 1. The Balaban J connectivity index is 1.59. The molecule has 2 aromatic carbocycles. The van der Waals surface area contributed by atoms with E-state index in [4.69, 9.17) is 16.3 Å². The van der Waals surface area contributed by atoms with Crippen LogP contribution >= 0.6 is 35.1 Å². The minimum absolute atomic E-state index is 0.0122. The summed E-state index contributed by atoms with van der Waals surface area (Å²) in [5, 5.41) is 3.43. The molecule has 6 heteroatoms. The van der Waals surface area contributed by atoms with Gasteiger partial charge in [0.25, 0.3) is 5.91 Å². The standard InChI is InChI=1S/C17H16ClNO2S2/c18-12-5-7-13(8-6-12)19-16(20)11-21-15-4-2-1-3-14(15)17-22-9-10-23-17/h1-8,17H,9-11H2,(H,19,20). The van der Waals surface area contributed by atoms with Crippen molar-refractivity contribution in [2.24, 2.45) is 0 Å². The Labute approximate surface area is 149 Å². The van der Waals surface area contributed by atoms with Gasteiger partial charge >= 0.3 is 0 Å². The molecule has 23 heavy (non-hydrogen) atoms. The van der Waals surface area contributed by atoms with Crippen LogP contribution in [0.5, 0.6) is 5.75 Å². The number of hydrogen-bond donors (Lipinski definition) is 1. The average molecular weight is 366 g/mol. The lowest BCUT2D eigenvalue weighted by molar-refractivity contribution is -0.118. The number of anilines is 1. The Hall–Kier alpha value is -1.30. The van der Waals surface area contributed by atoms with Gasteiger partial charge in [-0.3, -0.25) is 4.79 Å². The quantitative estimate of drug-likeness (QED) is 0.823. The van der Waals surface area contributed by atoms with Crippen molar-refractivity contribution >= 4 is 46.7 Å². The highest BCUT2D eigenvalue weighted by atomic mass is 35.5. The molecule has 2 aromatic rings. The lowest BCUT2D eigenvalue weighted by Crippen LogP contribution is -2.20. The van der Waals surface area contributed by atoms with Crippen LogP contribution in [0.2, 0.25) is 5.02 Å². The zero-order valence-corrected chi connectivity index (χ0v) is 14.7. The van der Waals surface area contributed by atoms with E-state index in [-0.39, 0.29) is 12.5 Å². The molecule has 0 atom stereocenters. The predicted octanol–water partition coefficient (Wildman–Crippen LogP) is 4.84. The molecule has 1 N–H and O–H groups in total. The van der Waals surface area contributed by atoms with E-state index in [0.29, 0.717) is 15.3 Å². The van der Waals surface area contributed by atoms with Crippen LogP contribution in [-0.2, 0) is 4.79 Å². The summed E-state index contributed by atoms with van der Waals surface area (Å²) < 4.78 is 6.14. The number of hydrogen-bond acceptors (Lipinski definition) is 4. The van der Waals surface area contributed by atoms with Crippen LogP contribution in [-0.4, -0.2) is 24.0 Å². The highest BCUT2D eigenvalue weighted by Gasteiger charge is 2.21. The Morgan fingerprint density at radius 2 is 1.83 bits per heavy atom. The van der Waals surface area contributed by atoms with E-state index >= 15 is 0 Å². The van der Waals surface area contributed by atoms with Gasteiger partial charge in [0.2, 0.25) is 0 Å². The van der Waals surface area contributed by atoms with Gasteiger partial charge in [-0.05, 0) is 30.3 Å². The SMILES string of the molecule is O=C(COc1ccccc1C1SCCS1)Nc1ccc(Cl)cc1. The average Bonchev–Trinajstić information content (AvgIpc) is 3.10. The van der Waals surface area contributed by atoms with Crippen LogP contribution in [0.4, 0.5) is 5.69 Å². The summed E-state index contributed by atoms with van der Waals surface area (Å²) in [5.74, 6) is 2.90. The molecule has 0 bridgehead atoms. The van der Waals surface area contributed by atoms with Gasteiger partial charge < -0.3 is 10.1 Å². The molecular weight excluding hydrogens is 350 g/mol. The van der Waals surface area contributed by atoms with Crippen molar-refractivity contribution in [1.29, 1.82) is 0 Å². The monoisotopic (exact) mass is 365 g/mol. The van der Waals surface area contributed by atoms with Crippen LogP contribution < -0.4 is 10.1 Å². The van der Waals surface area contributed by atoms with E-state index < -0.39 is 0 Å². The van der Waals surface area contributed by atoms with Crippen molar-refractivity contribution in [3.63, 3.8) is 0 Å². The third-order valence-corrected chi connectivity index (χ3v) is 6.60. The molecular formula is C17H16ClNO2S2. The summed E-state index contributed by atoms with van der Waals surface area (Å²) >= 11 is 9.66. The molecule has 1 aliphatic rings. The molecule has 3 nitrogen and oxygen atoms in total. The van der Waals surface area contributed by atoms with Gasteiger partial charge in [-0.15, -0.1) is 23.5 Å². The lowest BCUT2D eigenvalue weighted by atomic mass is 10.2. The summed E-state index contributed by atoms with van der Waals surface area (Å²) in [6, 6.07) is 14.9. The van der Waals surface area contributed by atoms with Crippen molar-refractivity contribution in [3.8, 4) is 5.75 Å². The zero-order chi connectivity index (χ0) is 16.1. The molecule has 120 valence electrons. The van der Waals surface area contributed by atoms with Gasteiger partial charge in [0.05, 0.1) is 4.58 Å². The Morgan fingerprint density at radius 3 is 2.57 bits per heavy atom. The van der Waals surface area contributed by atoms with Gasteiger partial charge in [0, 0.05) is 27.8 Å². The number of nitrogens with one attached hydrogen (secondary N) is 1. The fourth-order valence-electron chi connectivity index (χ4n) is 2.22. The number of halogens is 1. The van der Waals surface area contributed by atoms with Crippen LogP contribution in [0.1, 0.15) is 10.1 Å². The highest BCUT2D eigenvalue weighted by molar-refractivity contribution is 8.19. The summed E-state index contributed by atoms with van der Waals surface area (Å²) in [7, 11) is 0. The van der Waals surface area contributed by atoms with Crippen molar-refractivity contribution in [3.05, 3.63) is 59.1 Å². The van der Waals surface area contributed by atoms with Crippen LogP contribution in [0.15, 0.2) is 48.5 Å². The molecule has 0 unspecified atom stereocenters. The maximum Gasteiger partial charge on any atom is 0.262 e. The number of amides is 1. The van der Waals surface area contributed by atoms with Gasteiger partial charge in [0.1, 0.15) is 5.75 Å². The second-order valence-electron chi connectivity index (χ2n) is 4.96. The van der Waals surface area contributed by atoms with Crippen molar-refractivity contribution in [2.45, 2.75) is 4.58 Å². The summed E-state index contributed by atoms with van der Waals surface area (Å²) in [5.41, 5.74) is 1.86. The number of rotatable bonds is 5. The first kappa shape index (κ1) is 16.6. The van der Waals surface area contributed by atoms with E-state index in [1.807, 2.05) is 41.7 Å². The molecule has 0 saturated carbocycles. The number of ether oxygens (including phenoxy) is 1. The topological polar surface area (TPSA) is 38.3 Å². The molecule has 1 amide bonds. The van der Waals surface area contributed by atoms with Crippen LogP contribution in [0.25, 0.3) is 0 Å². The van der Waals surface area contributed by atoms with Gasteiger partial charge in [0.15, 0.2) is 6.61 Å². The van der Waals surface area contributed by atoms with Crippen molar-refractivity contribution in [2.75, 3.05) is 23.4 Å². The second-order valence-corrected chi connectivity index (χ2v) is 8.12. The molecule has 0 aliphatic carbocycles. The van der Waals surface area contributed by atoms with Gasteiger partial charge in [-0.2, -0.15) is 0 Å². The largest absolute Gasteiger partial charge is 0.483 e.